The first-order valence-electron chi connectivity index (χ1n) is 17.1. The zero-order valence-corrected chi connectivity index (χ0v) is 31.1. The predicted molar refractivity (Wildman–Crippen MR) is 187 cm³/mol. The second-order valence-corrected chi connectivity index (χ2v) is 17.9. The lowest BCUT2D eigenvalue weighted by Crippen LogP contribution is -2.61. The minimum absolute atomic E-state index is 0.0174. The van der Waals surface area contributed by atoms with Crippen molar-refractivity contribution in [3.05, 3.63) is 12.7 Å². The molecule has 1 saturated heterocycles. The lowest BCUT2D eigenvalue weighted by molar-refractivity contribution is -0.144. The zero-order chi connectivity index (χ0) is 36.6. The van der Waals surface area contributed by atoms with Crippen molar-refractivity contribution in [3.63, 3.8) is 0 Å². The van der Waals surface area contributed by atoms with Crippen LogP contribution in [0.5, 0.6) is 0 Å². The van der Waals surface area contributed by atoms with Crippen molar-refractivity contribution < 1.29 is 32.4 Å². The van der Waals surface area contributed by atoms with Gasteiger partial charge in [-0.1, -0.05) is 54.0 Å². The molecule has 12 heteroatoms. The predicted octanol–water partition coefficient (Wildman–Crippen LogP) is 4.12. The Bertz CT molecular complexity index is 1360. The largest absolute Gasteiger partial charge is 0.334 e. The Morgan fingerprint density at radius 2 is 1.71 bits per heavy atom. The lowest BCUT2D eigenvalue weighted by Gasteiger charge is -2.38. The first-order valence-corrected chi connectivity index (χ1v) is 18.8. The molecular weight excluding hydrogens is 632 g/mol. The van der Waals surface area contributed by atoms with Crippen LogP contribution in [0.15, 0.2) is 12.7 Å². The number of terminal acetylenes is 1. The number of hydrogen-bond donors (Lipinski definition) is 2. The number of carbonyl (C=O) groups is 5. The van der Waals surface area contributed by atoms with Gasteiger partial charge in [-0.05, 0) is 55.3 Å². The Kier molecular flexibility index (Phi) is 14.6. The molecule has 48 heavy (non-hydrogen) atoms. The summed E-state index contributed by atoms with van der Waals surface area (Å²) in [6, 6.07) is -2.99. The molecule has 1 heterocycles. The van der Waals surface area contributed by atoms with Crippen molar-refractivity contribution in [1.29, 1.82) is 0 Å². The Morgan fingerprint density at radius 3 is 2.25 bits per heavy atom. The second kappa shape index (κ2) is 17.1. The van der Waals surface area contributed by atoms with E-state index in [1.165, 1.54) is 11.4 Å². The molecule has 6 atom stereocenters. The molecule has 0 aromatic rings. The molecule has 1 aliphatic carbocycles. The fourth-order valence-corrected chi connectivity index (χ4v) is 7.57. The third-order valence-corrected chi connectivity index (χ3v) is 11.7. The summed E-state index contributed by atoms with van der Waals surface area (Å²) >= 11 is 0. The van der Waals surface area contributed by atoms with E-state index in [1.54, 1.807) is 17.9 Å². The summed E-state index contributed by atoms with van der Waals surface area (Å²) < 4.78 is 26.2. The SMILES string of the molecule is C#CCCC(CC(=O)[C@@H]1[C@H]2CCC[C@H]2CN1C(=O)[C@@H](NC(=O)N[C@H](CN(C)S(=O)(=O)CC)C(C)(C)C)C(C)(C)C)C(=O)C(=O)CCC=C. The maximum Gasteiger partial charge on any atom is 0.315 e. The van der Waals surface area contributed by atoms with Crippen LogP contribution in [0.4, 0.5) is 4.79 Å². The van der Waals surface area contributed by atoms with Crippen molar-refractivity contribution in [2.45, 2.75) is 118 Å². The van der Waals surface area contributed by atoms with E-state index in [0.717, 1.165) is 19.3 Å². The first kappa shape index (κ1) is 41.1. The molecular formula is C36H58N4O7S. The standard InChI is InChI=1S/C36H58N4O7S/c1-11-14-17-24(31(43)27(41)20-15-12-2)21-28(42)30-26-19-16-18-25(26)22-40(30)33(44)32(36(7,8)9)38-34(45)37-29(35(4,5)6)23-39(10)48(46,47)13-3/h1,12,24-26,29-30,32H,2,13-23H2,3-10H3,(H2,37,38,45)/t24?,25-,26-,29+,30-,32+/m0/s1. The topological polar surface area (TPSA) is 150 Å². The summed E-state index contributed by atoms with van der Waals surface area (Å²) in [7, 11) is -2.02. The van der Waals surface area contributed by atoms with Crippen LogP contribution >= 0.6 is 0 Å². The smallest absolute Gasteiger partial charge is 0.315 e. The quantitative estimate of drug-likeness (QED) is 0.133. The van der Waals surface area contributed by atoms with E-state index >= 15 is 0 Å². The minimum atomic E-state index is -3.50. The average Bonchev–Trinajstić information content (AvgIpc) is 3.60. The normalized spacial score (nSPS) is 21.5. The molecule has 1 saturated carbocycles. The zero-order valence-electron chi connectivity index (χ0n) is 30.3. The number of sulfonamides is 1. The average molecular weight is 691 g/mol. The van der Waals surface area contributed by atoms with E-state index in [4.69, 9.17) is 6.42 Å². The summed E-state index contributed by atoms with van der Waals surface area (Å²) in [5.41, 5.74) is -1.26. The van der Waals surface area contributed by atoms with Crippen LogP contribution in [0.3, 0.4) is 0 Å². The third kappa shape index (κ3) is 10.7. The van der Waals surface area contributed by atoms with Crippen LogP contribution in [-0.4, -0.2) is 90.9 Å². The van der Waals surface area contributed by atoms with E-state index in [-0.39, 0.29) is 55.6 Å². The summed E-state index contributed by atoms with van der Waals surface area (Å²) in [6.07, 6.45) is 10.2. The number of likely N-dealkylation sites (tertiary alicyclic amines) is 1. The third-order valence-electron chi connectivity index (χ3n) is 9.83. The van der Waals surface area contributed by atoms with E-state index in [0.29, 0.717) is 13.0 Å². The molecule has 1 unspecified atom stereocenters. The van der Waals surface area contributed by atoms with Gasteiger partial charge < -0.3 is 15.5 Å². The molecule has 1 aliphatic heterocycles. The summed E-state index contributed by atoms with van der Waals surface area (Å²) in [5.74, 6) is -0.226. The van der Waals surface area contributed by atoms with Crippen LogP contribution in [0, 0.1) is 40.9 Å². The number of fused-ring (bicyclic) bond motifs is 1. The molecule has 270 valence electrons. The lowest BCUT2D eigenvalue weighted by atomic mass is 9.83. The molecule has 0 radical (unpaired) electrons. The number of Topliss-reactive ketones (excluding diaryl/α,β-unsaturated/α-hetero) is 3. The highest BCUT2D eigenvalue weighted by molar-refractivity contribution is 7.89. The second-order valence-electron chi connectivity index (χ2n) is 15.5. The number of allylic oxidation sites excluding steroid dienone is 1. The van der Waals surface area contributed by atoms with Gasteiger partial charge in [-0.3, -0.25) is 19.2 Å². The van der Waals surface area contributed by atoms with Crippen molar-refractivity contribution in [2.24, 2.45) is 28.6 Å². The van der Waals surface area contributed by atoms with Gasteiger partial charge in [-0.25, -0.2) is 17.5 Å². The van der Waals surface area contributed by atoms with Gasteiger partial charge in [0.25, 0.3) is 0 Å². The van der Waals surface area contributed by atoms with Gasteiger partial charge in [0.2, 0.25) is 21.7 Å². The Morgan fingerprint density at radius 1 is 1.06 bits per heavy atom. The van der Waals surface area contributed by atoms with Crippen molar-refractivity contribution >= 4 is 39.3 Å². The number of amides is 3. The molecule has 2 rings (SSSR count). The molecule has 0 bridgehead atoms. The molecule has 2 N–H and O–H groups in total. The van der Waals surface area contributed by atoms with Gasteiger partial charge in [0, 0.05) is 51.4 Å². The Balaban J connectivity index is 2.35. The number of urea groups is 1. The van der Waals surface area contributed by atoms with Crippen LogP contribution in [-0.2, 0) is 29.2 Å². The fraction of sp³-hybridized carbons (Fsp3) is 0.750. The molecule has 0 aromatic heterocycles. The van der Waals surface area contributed by atoms with Gasteiger partial charge in [-0.15, -0.1) is 18.9 Å². The van der Waals surface area contributed by atoms with Gasteiger partial charge in [0.1, 0.15) is 6.04 Å². The Hall–Kier alpha value is -3.04. The van der Waals surface area contributed by atoms with Gasteiger partial charge in [-0.2, -0.15) is 0 Å². The van der Waals surface area contributed by atoms with E-state index in [1.807, 2.05) is 41.5 Å². The van der Waals surface area contributed by atoms with Crippen LogP contribution < -0.4 is 10.6 Å². The number of nitrogens with zero attached hydrogens (tertiary/aromatic N) is 2. The molecule has 0 spiro atoms. The number of carbonyl (C=O) groups excluding carboxylic acids is 5. The summed E-state index contributed by atoms with van der Waals surface area (Å²) in [4.78, 5) is 69.4. The number of likely N-dealkylation sites (N-methyl/N-ethyl adjacent to an activating group) is 1. The molecule has 11 nitrogen and oxygen atoms in total. The highest BCUT2D eigenvalue weighted by Gasteiger charge is 2.52. The van der Waals surface area contributed by atoms with Crippen molar-refractivity contribution in [3.8, 4) is 12.3 Å². The first-order chi connectivity index (χ1) is 22.2. The number of hydrogen-bond acceptors (Lipinski definition) is 7. The van der Waals surface area contributed by atoms with E-state index in [2.05, 4.69) is 23.1 Å². The van der Waals surface area contributed by atoms with Crippen molar-refractivity contribution in [1.82, 2.24) is 19.8 Å². The highest BCUT2D eigenvalue weighted by atomic mass is 32.2. The van der Waals surface area contributed by atoms with Gasteiger partial charge in [0.15, 0.2) is 11.6 Å². The molecule has 0 aromatic carbocycles. The maximum atomic E-state index is 14.4. The van der Waals surface area contributed by atoms with Crippen LogP contribution in [0.25, 0.3) is 0 Å². The minimum Gasteiger partial charge on any atom is -0.334 e. The van der Waals surface area contributed by atoms with Gasteiger partial charge in [0.05, 0.1) is 11.8 Å². The highest BCUT2D eigenvalue weighted by Crippen LogP contribution is 2.44. The molecule has 2 fully saturated rings. The van der Waals surface area contributed by atoms with Crippen LogP contribution in [0.1, 0.15) is 99.8 Å². The Labute approximate surface area is 288 Å². The van der Waals surface area contributed by atoms with Crippen molar-refractivity contribution in [2.75, 3.05) is 25.9 Å². The fourth-order valence-electron chi connectivity index (χ4n) is 6.75. The maximum absolute atomic E-state index is 14.4. The van der Waals surface area contributed by atoms with Crippen LogP contribution in [0.2, 0.25) is 0 Å². The molecule has 3 amide bonds. The van der Waals surface area contributed by atoms with E-state index in [9.17, 15) is 32.4 Å². The number of rotatable bonds is 17. The van der Waals surface area contributed by atoms with Gasteiger partial charge >= 0.3 is 6.03 Å². The van der Waals surface area contributed by atoms with E-state index < -0.39 is 68.4 Å². The summed E-state index contributed by atoms with van der Waals surface area (Å²) in [6.45, 7) is 16.7. The molecule has 2 aliphatic rings. The number of ketones is 3. The monoisotopic (exact) mass is 690 g/mol. The summed E-state index contributed by atoms with van der Waals surface area (Å²) in [5, 5.41) is 5.76. The number of nitrogens with one attached hydrogen (secondary N) is 2.